The summed E-state index contributed by atoms with van der Waals surface area (Å²) in [5.74, 6) is 0.149. The third-order valence-electron chi connectivity index (χ3n) is 2.49. The zero-order valence-electron chi connectivity index (χ0n) is 9.60. The molecule has 2 unspecified atom stereocenters. The van der Waals surface area contributed by atoms with Crippen LogP contribution in [0, 0.1) is 0 Å². The van der Waals surface area contributed by atoms with Gasteiger partial charge in [0, 0.05) is 13.1 Å². The fraction of sp³-hybridized carbons (Fsp3) is 0.600. The summed E-state index contributed by atoms with van der Waals surface area (Å²) in [5, 5.41) is 3.22. The molecule has 7 nitrogen and oxygen atoms in total. The van der Waals surface area contributed by atoms with Gasteiger partial charge in [0.05, 0.1) is 12.4 Å². The summed E-state index contributed by atoms with van der Waals surface area (Å²) in [6, 6.07) is 0. The molecule has 1 aliphatic heterocycles. The first kappa shape index (κ1) is 11.9. The summed E-state index contributed by atoms with van der Waals surface area (Å²) in [5.41, 5.74) is 5.13. The van der Waals surface area contributed by atoms with E-state index in [0.29, 0.717) is 13.2 Å². The van der Waals surface area contributed by atoms with E-state index in [0.717, 1.165) is 6.54 Å². The van der Waals surface area contributed by atoms with Crippen molar-refractivity contribution < 1.29 is 9.47 Å². The molecule has 17 heavy (non-hydrogen) atoms. The van der Waals surface area contributed by atoms with Gasteiger partial charge in [0.25, 0.3) is 5.56 Å². The predicted octanol–water partition coefficient (Wildman–Crippen LogP) is -0.892. The lowest BCUT2D eigenvalue weighted by Crippen LogP contribution is -2.46. The Labute approximate surface area is 98.3 Å². The van der Waals surface area contributed by atoms with E-state index in [-0.39, 0.29) is 23.8 Å². The van der Waals surface area contributed by atoms with Gasteiger partial charge >= 0.3 is 0 Å². The molecule has 94 valence electrons. The van der Waals surface area contributed by atoms with Crippen LogP contribution in [0.25, 0.3) is 0 Å². The number of aromatic amines is 1. The van der Waals surface area contributed by atoms with Crippen molar-refractivity contribution in [2.45, 2.75) is 19.1 Å². The van der Waals surface area contributed by atoms with E-state index in [1.807, 2.05) is 6.92 Å². The van der Waals surface area contributed by atoms with E-state index in [1.54, 1.807) is 0 Å². The van der Waals surface area contributed by atoms with E-state index >= 15 is 0 Å². The highest BCUT2D eigenvalue weighted by Gasteiger charge is 2.20. The standard InChI is InChI=1S/C10H16N4O3/c1-6-2-12-3-7(17-6)4-16-10-8(11)9(15)13-5-14-10/h5-7,12H,2-4,11H2,1H3,(H,13,14,15). The number of nitrogen functional groups attached to an aromatic ring is 1. The van der Waals surface area contributed by atoms with Crippen molar-refractivity contribution in [2.75, 3.05) is 25.4 Å². The number of hydrogen-bond donors (Lipinski definition) is 3. The molecule has 0 aliphatic carbocycles. The molecule has 1 saturated heterocycles. The molecule has 1 aliphatic rings. The zero-order chi connectivity index (χ0) is 12.3. The third kappa shape index (κ3) is 2.95. The van der Waals surface area contributed by atoms with E-state index in [9.17, 15) is 4.79 Å². The van der Waals surface area contributed by atoms with Crippen molar-refractivity contribution in [1.82, 2.24) is 15.3 Å². The summed E-state index contributed by atoms with van der Waals surface area (Å²) in [6.07, 6.45) is 1.36. The molecule has 0 aromatic carbocycles. The number of aromatic nitrogens is 2. The first-order valence-electron chi connectivity index (χ1n) is 5.49. The minimum Gasteiger partial charge on any atom is -0.473 e. The van der Waals surface area contributed by atoms with Crippen molar-refractivity contribution in [3.8, 4) is 5.88 Å². The van der Waals surface area contributed by atoms with Gasteiger partial charge in [-0.2, -0.15) is 0 Å². The van der Waals surface area contributed by atoms with Crippen molar-refractivity contribution in [2.24, 2.45) is 0 Å². The second-order valence-corrected chi connectivity index (χ2v) is 3.99. The Morgan fingerprint density at radius 3 is 3.24 bits per heavy atom. The van der Waals surface area contributed by atoms with Crippen LogP contribution in [0.5, 0.6) is 5.88 Å². The van der Waals surface area contributed by atoms with Crippen LogP contribution in [0.2, 0.25) is 0 Å². The van der Waals surface area contributed by atoms with Gasteiger partial charge in [0.1, 0.15) is 12.7 Å². The maximum Gasteiger partial charge on any atom is 0.277 e. The van der Waals surface area contributed by atoms with Crippen LogP contribution in [0.1, 0.15) is 6.92 Å². The normalized spacial score (nSPS) is 24.5. The van der Waals surface area contributed by atoms with Crippen LogP contribution in [-0.4, -0.2) is 41.9 Å². The Hall–Kier alpha value is -1.60. The SMILES string of the molecule is CC1CNCC(COc2nc[nH]c(=O)c2N)O1. The van der Waals surface area contributed by atoms with Crippen LogP contribution in [0.4, 0.5) is 5.69 Å². The van der Waals surface area contributed by atoms with Gasteiger partial charge in [-0.05, 0) is 6.92 Å². The van der Waals surface area contributed by atoms with E-state index in [1.165, 1.54) is 6.33 Å². The Kier molecular flexibility index (Phi) is 3.60. The lowest BCUT2D eigenvalue weighted by molar-refractivity contribution is -0.0475. The van der Waals surface area contributed by atoms with Gasteiger partial charge in [-0.3, -0.25) is 4.79 Å². The average molecular weight is 240 g/mol. The van der Waals surface area contributed by atoms with Gasteiger partial charge in [0.2, 0.25) is 5.88 Å². The van der Waals surface area contributed by atoms with E-state index < -0.39 is 5.56 Å². The average Bonchev–Trinajstić information content (AvgIpc) is 2.31. The molecule has 1 aromatic heterocycles. The van der Waals surface area contributed by atoms with Crippen molar-refractivity contribution >= 4 is 5.69 Å². The summed E-state index contributed by atoms with van der Waals surface area (Å²) in [6.45, 7) is 3.85. The van der Waals surface area contributed by atoms with Gasteiger partial charge in [-0.25, -0.2) is 4.98 Å². The molecule has 0 bridgehead atoms. The van der Waals surface area contributed by atoms with Crippen molar-refractivity contribution in [3.63, 3.8) is 0 Å². The Morgan fingerprint density at radius 1 is 1.65 bits per heavy atom. The fourth-order valence-electron chi connectivity index (χ4n) is 1.65. The Balaban J connectivity index is 1.93. The molecule has 2 atom stereocenters. The van der Waals surface area contributed by atoms with Crippen LogP contribution in [0.15, 0.2) is 11.1 Å². The van der Waals surface area contributed by atoms with Crippen molar-refractivity contribution in [3.05, 3.63) is 16.7 Å². The minimum atomic E-state index is -0.397. The van der Waals surface area contributed by atoms with E-state index in [4.69, 9.17) is 15.2 Å². The maximum absolute atomic E-state index is 11.2. The lowest BCUT2D eigenvalue weighted by Gasteiger charge is -2.28. The summed E-state index contributed by atoms with van der Waals surface area (Å²) < 4.78 is 11.0. The number of nitrogens with zero attached hydrogens (tertiary/aromatic N) is 1. The highest BCUT2D eigenvalue weighted by atomic mass is 16.5. The molecular weight excluding hydrogens is 224 g/mol. The molecule has 2 rings (SSSR count). The number of nitrogens with two attached hydrogens (primary N) is 1. The first-order chi connectivity index (χ1) is 8.16. The number of H-pyrrole nitrogens is 1. The summed E-state index contributed by atoms with van der Waals surface area (Å²) >= 11 is 0. The van der Waals surface area contributed by atoms with Gasteiger partial charge in [-0.15, -0.1) is 0 Å². The summed E-state index contributed by atoms with van der Waals surface area (Å²) in [7, 11) is 0. The van der Waals surface area contributed by atoms with Gasteiger partial charge < -0.3 is 25.5 Å². The second kappa shape index (κ2) is 5.15. The lowest BCUT2D eigenvalue weighted by atomic mass is 10.2. The Bertz CT molecular complexity index is 434. The molecular formula is C10H16N4O3. The van der Waals surface area contributed by atoms with Crippen LogP contribution in [-0.2, 0) is 4.74 Å². The quantitative estimate of drug-likeness (QED) is 0.633. The number of ether oxygens (including phenoxy) is 2. The van der Waals surface area contributed by atoms with E-state index in [2.05, 4.69) is 15.3 Å². The number of nitrogens with one attached hydrogen (secondary N) is 2. The molecule has 0 saturated carbocycles. The molecule has 1 aromatic rings. The predicted molar refractivity (Wildman–Crippen MR) is 62.0 cm³/mol. The molecule has 7 heteroatoms. The monoisotopic (exact) mass is 240 g/mol. The minimum absolute atomic E-state index is 0.00989. The van der Waals surface area contributed by atoms with Gasteiger partial charge in [0.15, 0.2) is 5.69 Å². The molecule has 0 spiro atoms. The molecule has 0 amide bonds. The third-order valence-corrected chi connectivity index (χ3v) is 2.49. The number of hydrogen-bond acceptors (Lipinski definition) is 6. The summed E-state index contributed by atoms with van der Waals surface area (Å²) in [4.78, 5) is 17.4. The zero-order valence-corrected chi connectivity index (χ0v) is 9.60. The number of morpholine rings is 1. The van der Waals surface area contributed by atoms with Crippen LogP contribution >= 0.6 is 0 Å². The molecule has 0 radical (unpaired) electrons. The maximum atomic E-state index is 11.2. The topological polar surface area (TPSA) is 102 Å². The Morgan fingerprint density at radius 2 is 2.47 bits per heavy atom. The highest BCUT2D eigenvalue weighted by Crippen LogP contribution is 2.12. The molecule has 1 fully saturated rings. The second-order valence-electron chi connectivity index (χ2n) is 3.99. The largest absolute Gasteiger partial charge is 0.473 e. The fourth-order valence-corrected chi connectivity index (χ4v) is 1.65. The number of rotatable bonds is 3. The highest BCUT2D eigenvalue weighted by molar-refractivity contribution is 5.44. The number of anilines is 1. The smallest absolute Gasteiger partial charge is 0.277 e. The van der Waals surface area contributed by atoms with Crippen LogP contribution < -0.4 is 21.3 Å². The molecule has 4 N–H and O–H groups in total. The molecule has 2 heterocycles. The van der Waals surface area contributed by atoms with Gasteiger partial charge in [-0.1, -0.05) is 0 Å². The first-order valence-corrected chi connectivity index (χ1v) is 5.49. The van der Waals surface area contributed by atoms with Crippen molar-refractivity contribution in [1.29, 1.82) is 0 Å². The van der Waals surface area contributed by atoms with Crippen LogP contribution in [0.3, 0.4) is 0 Å².